The van der Waals surface area contributed by atoms with Crippen LogP contribution in [0.25, 0.3) is 0 Å². The van der Waals surface area contributed by atoms with Gasteiger partial charge in [-0.25, -0.2) is 4.98 Å². The molecule has 1 saturated heterocycles. The Labute approximate surface area is 98.3 Å². The number of rotatable bonds is 2. The van der Waals surface area contributed by atoms with Gasteiger partial charge >= 0.3 is 0 Å². The van der Waals surface area contributed by atoms with Crippen molar-refractivity contribution in [2.45, 2.75) is 25.0 Å². The molecule has 2 heterocycles. The molecule has 1 aromatic rings. The quantitative estimate of drug-likeness (QED) is 0.733. The molecule has 86 valence electrons. The van der Waals surface area contributed by atoms with Gasteiger partial charge in [0.05, 0.1) is 0 Å². The summed E-state index contributed by atoms with van der Waals surface area (Å²) in [6.45, 7) is 2.41. The molecule has 1 fully saturated rings. The maximum atomic E-state index is 11.6. The number of H-pyrrole nitrogens is 1. The van der Waals surface area contributed by atoms with Crippen molar-refractivity contribution in [3.8, 4) is 0 Å². The highest BCUT2D eigenvalue weighted by Crippen LogP contribution is 2.19. The average molecular weight is 239 g/mol. The van der Waals surface area contributed by atoms with Crippen molar-refractivity contribution >= 4 is 24.5 Å². The number of aromatic nitrogens is 2. The second-order valence-electron chi connectivity index (χ2n) is 3.78. The Bertz CT molecular complexity index is 471. The van der Waals surface area contributed by atoms with E-state index in [9.17, 15) is 9.59 Å². The molecule has 0 aliphatic carbocycles. The molecular weight excluding hydrogens is 226 g/mol. The lowest BCUT2D eigenvalue weighted by molar-refractivity contribution is -0.117. The van der Waals surface area contributed by atoms with E-state index in [2.05, 4.69) is 22.6 Å². The maximum Gasteiger partial charge on any atom is 0.252 e. The van der Waals surface area contributed by atoms with Gasteiger partial charge in [-0.1, -0.05) is 6.92 Å². The summed E-state index contributed by atoms with van der Waals surface area (Å²) < 4.78 is 0. The average Bonchev–Trinajstić information content (AvgIpc) is 2.57. The molecule has 0 bridgehead atoms. The zero-order valence-electron chi connectivity index (χ0n) is 8.93. The summed E-state index contributed by atoms with van der Waals surface area (Å²) in [5, 5.41) is 0.0167. The molecule has 1 atom stereocenters. The Balaban J connectivity index is 2.37. The minimum absolute atomic E-state index is 0.0167. The molecule has 0 spiro atoms. The maximum absolute atomic E-state index is 11.6. The second-order valence-corrected chi connectivity index (χ2v) is 4.51. The lowest BCUT2D eigenvalue weighted by atomic mass is 10.3. The Morgan fingerprint density at radius 1 is 1.62 bits per heavy atom. The molecule has 0 saturated carbocycles. The van der Waals surface area contributed by atoms with Crippen molar-refractivity contribution in [2.24, 2.45) is 0 Å². The number of hydrogen-bond acceptors (Lipinski definition) is 4. The monoisotopic (exact) mass is 239 g/mol. The van der Waals surface area contributed by atoms with Gasteiger partial charge in [-0.05, 0) is 6.42 Å². The van der Waals surface area contributed by atoms with E-state index in [4.69, 9.17) is 0 Å². The number of carbonyl (C=O) groups is 1. The molecule has 0 radical (unpaired) electrons. The molecule has 16 heavy (non-hydrogen) atoms. The number of nitrogens with one attached hydrogen (secondary N) is 1. The van der Waals surface area contributed by atoms with Crippen molar-refractivity contribution in [3.05, 3.63) is 22.1 Å². The van der Waals surface area contributed by atoms with Crippen LogP contribution in [-0.2, 0) is 11.2 Å². The fraction of sp³-hybridized carbons (Fsp3) is 0.500. The first kappa shape index (κ1) is 11.2. The van der Waals surface area contributed by atoms with E-state index in [1.165, 1.54) is 11.0 Å². The number of anilines is 1. The molecule has 0 aromatic carbocycles. The lowest BCUT2D eigenvalue weighted by Gasteiger charge is -2.14. The van der Waals surface area contributed by atoms with Crippen molar-refractivity contribution in [2.75, 3.05) is 11.4 Å². The van der Waals surface area contributed by atoms with Gasteiger partial charge in [-0.2, -0.15) is 12.6 Å². The highest BCUT2D eigenvalue weighted by atomic mass is 32.1. The number of amides is 1. The summed E-state index contributed by atoms with van der Waals surface area (Å²) in [6.07, 6.45) is 1.06. The highest BCUT2D eigenvalue weighted by molar-refractivity contribution is 7.81. The van der Waals surface area contributed by atoms with Crippen LogP contribution in [0.5, 0.6) is 0 Å². The number of thiol groups is 1. The fourth-order valence-electron chi connectivity index (χ4n) is 1.70. The summed E-state index contributed by atoms with van der Waals surface area (Å²) in [5.41, 5.74) is 0.464. The van der Waals surface area contributed by atoms with E-state index >= 15 is 0 Å². The van der Waals surface area contributed by atoms with E-state index in [1.54, 1.807) is 0 Å². The molecule has 2 rings (SSSR count). The van der Waals surface area contributed by atoms with Crippen LogP contribution in [0.2, 0.25) is 0 Å². The van der Waals surface area contributed by atoms with Crippen LogP contribution in [0.3, 0.4) is 0 Å². The molecule has 6 heteroatoms. The van der Waals surface area contributed by atoms with Gasteiger partial charge in [0.15, 0.2) is 0 Å². The number of aromatic amines is 1. The Morgan fingerprint density at radius 3 is 2.94 bits per heavy atom. The Hall–Kier alpha value is -1.30. The molecule has 1 N–H and O–H groups in total. The molecule has 5 nitrogen and oxygen atoms in total. The van der Waals surface area contributed by atoms with Crippen LogP contribution in [0.1, 0.15) is 19.0 Å². The van der Waals surface area contributed by atoms with E-state index in [0.29, 0.717) is 31.0 Å². The third-order valence-corrected chi connectivity index (χ3v) is 2.85. The predicted octanol–water partition coefficient (Wildman–Crippen LogP) is 0.367. The van der Waals surface area contributed by atoms with E-state index in [-0.39, 0.29) is 16.7 Å². The minimum atomic E-state index is -0.225. The molecule has 1 amide bonds. The van der Waals surface area contributed by atoms with Crippen molar-refractivity contribution in [1.82, 2.24) is 9.97 Å². The minimum Gasteiger partial charge on any atom is -0.292 e. The van der Waals surface area contributed by atoms with Crippen molar-refractivity contribution in [1.29, 1.82) is 0 Å². The standard InChI is InChI=1S/C10H13N3O2S/c1-2-6-3-8(14)12-10(11-6)13-5-7(16)4-9(13)15/h3,7,16H,2,4-5H2,1H3,(H,11,12,14). The highest BCUT2D eigenvalue weighted by Gasteiger charge is 2.29. The topological polar surface area (TPSA) is 66.1 Å². The van der Waals surface area contributed by atoms with Gasteiger partial charge in [0.2, 0.25) is 11.9 Å². The zero-order chi connectivity index (χ0) is 11.7. The van der Waals surface area contributed by atoms with Gasteiger partial charge < -0.3 is 0 Å². The van der Waals surface area contributed by atoms with E-state index < -0.39 is 0 Å². The summed E-state index contributed by atoms with van der Waals surface area (Å²) in [5.74, 6) is 0.294. The first-order valence-corrected chi connectivity index (χ1v) is 5.70. The zero-order valence-corrected chi connectivity index (χ0v) is 9.83. The molecule has 1 aromatic heterocycles. The second kappa shape index (κ2) is 4.29. The molecule has 1 unspecified atom stereocenters. The summed E-state index contributed by atoms with van der Waals surface area (Å²) in [4.78, 5) is 31.3. The number of nitrogens with zero attached hydrogens (tertiary/aromatic N) is 2. The van der Waals surface area contributed by atoms with Crippen LogP contribution < -0.4 is 10.5 Å². The third kappa shape index (κ3) is 2.11. The summed E-state index contributed by atoms with van der Waals surface area (Å²) >= 11 is 4.25. The lowest BCUT2D eigenvalue weighted by Crippen LogP contribution is -2.29. The van der Waals surface area contributed by atoms with Gasteiger partial charge in [0.1, 0.15) is 0 Å². The van der Waals surface area contributed by atoms with Crippen LogP contribution in [-0.4, -0.2) is 27.7 Å². The SMILES string of the molecule is CCc1cc(=O)[nH]c(N2CC(S)CC2=O)n1. The first-order chi connectivity index (χ1) is 7.60. The van der Waals surface area contributed by atoms with Crippen LogP contribution in [0.4, 0.5) is 5.95 Å². The van der Waals surface area contributed by atoms with Crippen LogP contribution in [0, 0.1) is 0 Å². The third-order valence-electron chi connectivity index (χ3n) is 2.50. The van der Waals surface area contributed by atoms with Gasteiger partial charge in [-0.15, -0.1) is 0 Å². The Morgan fingerprint density at radius 2 is 2.38 bits per heavy atom. The van der Waals surface area contributed by atoms with Gasteiger partial charge in [-0.3, -0.25) is 19.5 Å². The fourth-order valence-corrected chi connectivity index (χ4v) is 2.02. The largest absolute Gasteiger partial charge is 0.292 e. The number of hydrogen-bond donors (Lipinski definition) is 2. The smallest absolute Gasteiger partial charge is 0.252 e. The Kier molecular flexibility index (Phi) is 3.00. The van der Waals surface area contributed by atoms with E-state index in [0.717, 1.165) is 0 Å². The first-order valence-electron chi connectivity index (χ1n) is 5.19. The number of carbonyl (C=O) groups excluding carboxylic acids is 1. The normalized spacial score (nSPS) is 20.5. The van der Waals surface area contributed by atoms with Crippen molar-refractivity contribution in [3.63, 3.8) is 0 Å². The van der Waals surface area contributed by atoms with Crippen molar-refractivity contribution < 1.29 is 4.79 Å². The van der Waals surface area contributed by atoms with Gasteiger partial charge in [0.25, 0.3) is 5.56 Å². The summed E-state index contributed by atoms with van der Waals surface area (Å²) in [7, 11) is 0. The van der Waals surface area contributed by atoms with Crippen LogP contribution >= 0.6 is 12.6 Å². The van der Waals surface area contributed by atoms with Crippen LogP contribution in [0.15, 0.2) is 10.9 Å². The molecule has 1 aliphatic rings. The predicted molar refractivity (Wildman–Crippen MR) is 64.0 cm³/mol. The molecular formula is C10H13N3O2S. The number of aryl methyl sites for hydroxylation is 1. The summed E-state index contributed by atoms with van der Waals surface area (Å²) in [6, 6.07) is 1.45. The van der Waals surface area contributed by atoms with Gasteiger partial charge in [0, 0.05) is 30.0 Å². The molecule has 1 aliphatic heterocycles. The van der Waals surface area contributed by atoms with E-state index in [1.807, 2.05) is 6.92 Å².